The van der Waals surface area contributed by atoms with Gasteiger partial charge in [-0.2, -0.15) is 0 Å². The quantitative estimate of drug-likeness (QED) is 0.339. The first-order valence-corrected chi connectivity index (χ1v) is 14.5. The molecule has 1 fully saturated rings. The van der Waals surface area contributed by atoms with Gasteiger partial charge in [0.15, 0.2) is 11.5 Å². The lowest BCUT2D eigenvalue weighted by Crippen LogP contribution is -2.29. The van der Waals surface area contributed by atoms with Crippen molar-refractivity contribution < 1.29 is 23.4 Å². The van der Waals surface area contributed by atoms with Crippen LogP contribution in [0.3, 0.4) is 0 Å². The van der Waals surface area contributed by atoms with Crippen LogP contribution in [0.25, 0.3) is 0 Å². The Labute approximate surface area is 232 Å². The first-order valence-electron chi connectivity index (χ1n) is 13.6. The highest BCUT2D eigenvalue weighted by molar-refractivity contribution is 8.17. The van der Waals surface area contributed by atoms with E-state index in [1.807, 2.05) is 13.0 Å². The van der Waals surface area contributed by atoms with Crippen LogP contribution in [-0.2, 0) is 11.2 Å². The summed E-state index contributed by atoms with van der Waals surface area (Å²) in [5.74, 6) is -1.63. The van der Waals surface area contributed by atoms with Crippen LogP contribution in [0.15, 0.2) is 45.2 Å². The van der Waals surface area contributed by atoms with Gasteiger partial charge in [-0.1, -0.05) is 51.4 Å². The number of hydrogen-bond acceptors (Lipinski definition) is 6. The maximum Gasteiger partial charge on any atom is 0.233 e. The molecule has 210 valence electrons. The number of aromatic nitrogens is 1. The van der Waals surface area contributed by atoms with Crippen LogP contribution >= 0.6 is 11.8 Å². The first-order chi connectivity index (χ1) is 18.7. The molecule has 1 N–H and O–H groups in total. The summed E-state index contributed by atoms with van der Waals surface area (Å²) in [6.45, 7) is 8.54. The second kappa shape index (κ2) is 12.6. The molecule has 2 aliphatic rings. The van der Waals surface area contributed by atoms with Gasteiger partial charge in [-0.25, -0.2) is 8.78 Å². The van der Waals surface area contributed by atoms with Gasteiger partial charge < -0.3 is 14.4 Å². The van der Waals surface area contributed by atoms with Crippen LogP contribution in [0.5, 0.6) is 5.75 Å². The Kier molecular flexibility index (Phi) is 9.43. The number of allylic oxidation sites excluding steroid dienone is 1. The first kappa shape index (κ1) is 29.2. The number of carbonyl (C=O) groups is 1. The van der Waals surface area contributed by atoms with Gasteiger partial charge in [0.1, 0.15) is 22.4 Å². The van der Waals surface area contributed by atoms with E-state index in [0.29, 0.717) is 36.2 Å². The van der Waals surface area contributed by atoms with E-state index in [1.165, 1.54) is 30.8 Å². The van der Waals surface area contributed by atoms with Crippen molar-refractivity contribution in [3.05, 3.63) is 74.1 Å². The number of pyridine rings is 1. The van der Waals surface area contributed by atoms with Gasteiger partial charge in [0.05, 0.1) is 30.9 Å². The number of Topliss-reactive ketones (excluding diaryl/α,β-unsaturated/α-hetero) is 1. The average molecular weight is 559 g/mol. The van der Waals surface area contributed by atoms with Crippen LogP contribution in [0.2, 0.25) is 0 Å². The fraction of sp³-hybridized carbons (Fsp3) is 0.500. The van der Waals surface area contributed by atoms with Crippen LogP contribution in [0, 0.1) is 23.5 Å². The SMILES string of the molecule is CCC(CC)CC1COCC1n1cc(C2=NC(CC)C=C(Cc3ccc(F)cc3F)S2)c(=O)c(O)c1C(C)=O. The van der Waals surface area contributed by atoms with Gasteiger partial charge >= 0.3 is 0 Å². The fourth-order valence-electron chi connectivity index (χ4n) is 5.42. The summed E-state index contributed by atoms with van der Waals surface area (Å²) >= 11 is 1.23. The number of benzene rings is 1. The molecule has 0 aliphatic carbocycles. The Morgan fingerprint density at radius 2 is 1.97 bits per heavy atom. The van der Waals surface area contributed by atoms with E-state index < -0.39 is 28.6 Å². The topological polar surface area (TPSA) is 80.9 Å². The Bertz CT molecular complexity index is 1350. The molecule has 0 saturated carbocycles. The molecule has 1 saturated heterocycles. The maximum atomic E-state index is 14.4. The fourth-order valence-corrected chi connectivity index (χ4v) is 6.57. The van der Waals surface area contributed by atoms with Crippen molar-refractivity contribution in [3.63, 3.8) is 0 Å². The van der Waals surface area contributed by atoms with Crippen LogP contribution in [0.4, 0.5) is 8.78 Å². The molecule has 3 atom stereocenters. The van der Waals surface area contributed by atoms with E-state index in [4.69, 9.17) is 9.73 Å². The van der Waals surface area contributed by atoms with E-state index in [2.05, 4.69) is 13.8 Å². The highest BCUT2D eigenvalue weighted by Gasteiger charge is 2.35. The number of ether oxygens (including phenoxy) is 1. The van der Waals surface area contributed by atoms with Crippen molar-refractivity contribution in [2.75, 3.05) is 13.2 Å². The zero-order chi connectivity index (χ0) is 28.3. The van der Waals surface area contributed by atoms with Crippen molar-refractivity contribution in [1.82, 2.24) is 4.57 Å². The average Bonchev–Trinajstić information content (AvgIpc) is 3.37. The lowest BCUT2D eigenvalue weighted by molar-refractivity contribution is 0.0995. The molecule has 39 heavy (non-hydrogen) atoms. The van der Waals surface area contributed by atoms with Crippen molar-refractivity contribution in [3.8, 4) is 5.75 Å². The Balaban J connectivity index is 1.74. The number of hydrogen-bond donors (Lipinski definition) is 1. The van der Waals surface area contributed by atoms with Gasteiger partial charge in [-0.05, 0) is 41.4 Å². The molecular weight excluding hydrogens is 522 g/mol. The lowest BCUT2D eigenvalue weighted by atomic mass is 9.87. The largest absolute Gasteiger partial charge is 0.503 e. The minimum absolute atomic E-state index is 0.0219. The molecule has 1 aromatic heterocycles. The number of ketones is 1. The second-order valence-electron chi connectivity index (χ2n) is 10.4. The van der Waals surface area contributed by atoms with E-state index in [1.54, 1.807) is 10.8 Å². The third-order valence-electron chi connectivity index (χ3n) is 7.77. The second-order valence-corrected chi connectivity index (χ2v) is 11.5. The number of aliphatic imine (C=N–C) groups is 1. The van der Waals surface area contributed by atoms with E-state index in [9.17, 15) is 23.5 Å². The molecule has 0 bridgehead atoms. The van der Waals surface area contributed by atoms with Gasteiger partial charge in [-0.3, -0.25) is 14.6 Å². The number of halogens is 2. The van der Waals surface area contributed by atoms with E-state index in [-0.39, 0.29) is 35.7 Å². The number of carbonyl (C=O) groups excluding carboxylic acids is 1. The molecule has 0 radical (unpaired) electrons. The molecule has 3 heterocycles. The van der Waals surface area contributed by atoms with Gasteiger partial charge in [0.25, 0.3) is 0 Å². The molecule has 1 aromatic carbocycles. The highest BCUT2D eigenvalue weighted by Crippen LogP contribution is 2.37. The van der Waals surface area contributed by atoms with Crippen LogP contribution in [0.1, 0.15) is 81.0 Å². The minimum atomic E-state index is -0.665. The molecule has 9 heteroatoms. The van der Waals surface area contributed by atoms with Gasteiger partial charge in [-0.15, -0.1) is 0 Å². The summed E-state index contributed by atoms with van der Waals surface area (Å²) in [5, 5.41) is 11.4. The van der Waals surface area contributed by atoms with Crippen LogP contribution < -0.4 is 5.43 Å². The summed E-state index contributed by atoms with van der Waals surface area (Å²) in [6, 6.07) is 3.03. The van der Waals surface area contributed by atoms with Crippen molar-refractivity contribution >= 4 is 22.6 Å². The molecular formula is C30H36F2N2O4S. The number of nitrogens with zero attached hydrogens (tertiary/aromatic N) is 2. The lowest BCUT2D eigenvalue weighted by Gasteiger charge is -2.27. The summed E-state index contributed by atoms with van der Waals surface area (Å²) in [7, 11) is 0. The summed E-state index contributed by atoms with van der Waals surface area (Å²) in [6.07, 6.45) is 7.42. The number of aromatic hydroxyl groups is 1. The molecule has 2 aliphatic heterocycles. The smallest absolute Gasteiger partial charge is 0.233 e. The Morgan fingerprint density at radius 1 is 1.23 bits per heavy atom. The Morgan fingerprint density at radius 3 is 2.62 bits per heavy atom. The van der Waals surface area contributed by atoms with Crippen molar-refractivity contribution in [2.24, 2.45) is 16.8 Å². The molecule has 6 nitrogen and oxygen atoms in total. The third kappa shape index (κ3) is 6.35. The Hall–Kier alpha value is -2.78. The molecule has 3 unspecified atom stereocenters. The predicted molar refractivity (Wildman–Crippen MR) is 151 cm³/mol. The van der Waals surface area contributed by atoms with Crippen molar-refractivity contribution in [2.45, 2.75) is 71.9 Å². The monoisotopic (exact) mass is 558 g/mol. The normalized spacial score (nSPS) is 21.3. The number of thioether (sulfide) groups is 1. The minimum Gasteiger partial charge on any atom is -0.503 e. The molecule has 2 aromatic rings. The standard InChI is InChI=1S/C30H36F2N2O4S/c1-5-18(6-2)10-20-15-38-16-26(20)34-14-24(28(36)29(37)27(34)17(4)35)30-33-22(7-3)13-23(39-30)11-19-8-9-21(31)12-25(19)32/h8-9,12-14,18,20,22,26,37H,5-7,10-11,15-16H2,1-4H3. The zero-order valence-electron chi connectivity index (χ0n) is 22.9. The number of rotatable bonds is 10. The van der Waals surface area contributed by atoms with E-state index in [0.717, 1.165) is 30.2 Å². The molecule has 4 rings (SSSR count). The molecule has 0 spiro atoms. The third-order valence-corrected chi connectivity index (χ3v) is 8.84. The molecule has 0 amide bonds. The summed E-state index contributed by atoms with van der Waals surface area (Å²) in [4.78, 5) is 31.6. The van der Waals surface area contributed by atoms with Crippen molar-refractivity contribution in [1.29, 1.82) is 0 Å². The zero-order valence-corrected chi connectivity index (χ0v) is 23.7. The van der Waals surface area contributed by atoms with Gasteiger partial charge in [0, 0.05) is 31.5 Å². The highest BCUT2D eigenvalue weighted by atomic mass is 32.2. The predicted octanol–water partition coefficient (Wildman–Crippen LogP) is 6.45. The van der Waals surface area contributed by atoms with Gasteiger partial charge in [0.2, 0.25) is 5.43 Å². The van der Waals surface area contributed by atoms with Crippen LogP contribution in [-0.4, -0.2) is 39.8 Å². The van der Waals surface area contributed by atoms with E-state index >= 15 is 0 Å². The maximum absolute atomic E-state index is 14.4. The summed E-state index contributed by atoms with van der Waals surface area (Å²) < 4.78 is 35.4. The summed E-state index contributed by atoms with van der Waals surface area (Å²) in [5.41, 5.74) is -0.154.